The molecule has 10 nitrogen and oxygen atoms in total. The summed E-state index contributed by atoms with van der Waals surface area (Å²) in [7, 11) is -4.21. The maximum absolute atomic E-state index is 11.0. The molecule has 0 saturated carbocycles. The van der Waals surface area contributed by atoms with E-state index in [1.165, 1.54) is 0 Å². The molecule has 41 heavy (non-hydrogen) atoms. The molecular weight excluding hydrogens is 570 g/mol. The van der Waals surface area contributed by atoms with E-state index in [0.717, 1.165) is 20.8 Å². The van der Waals surface area contributed by atoms with Crippen molar-refractivity contribution in [1.82, 2.24) is 0 Å². The van der Waals surface area contributed by atoms with E-state index >= 15 is 0 Å². The first-order chi connectivity index (χ1) is 20.0. The Bertz CT molecular complexity index is 1360. The van der Waals surface area contributed by atoms with Gasteiger partial charge in [-0.2, -0.15) is 4.57 Å². The predicted molar refractivity (Wildman–Crippen MR) is 155 cm³/mol. The van der Waals surface area contributed by atoms with Crippen LogP contribution in [0.3, 0.4) is 0 Å². The summed E-state index contributed by atoms with van der Waals surface area (Å²) in [4.78, 5) is 0. The van der Waals surface area contributed by atoms with E-state index in [4.69, 9.17) is 28.4 Å². The van der Waals surface area contributed by atoms with E-state index in [0.29, 0.717) is 97.0 Å². The normalized spacial score (nSPS) is 16.9. The maximum Gasteiger partial charge on any atom is 0.262 e. The van der Waals surface area contributed by atoms with Gasteiger partial charge in [0.1, 0.15) is 17.9 Å². The molecule has 0 atom stereocenters. The summed E-state index contributed by atoms with van der Waals surface area (Å²) in [5, 5.41) is 1.02. The van der Waals surface area contributed by atoms with Gasteiger partial charge in [0.2, 0.25) is 5.52 Å². The van der Waals surface area contributed by atoms with Gasteiger partial charge >= 0.3 is 0 Å². The Morgan fingerprint density at radius 2 is 1.37 bits per heavy atom. The number of ether oxygens (including phenoxy) is 6. The van der Waals surface area contributed by atoms with Crippen molar-refractivity contribution in [2.45, 2.75) is 19.4 Å². The Kier molecular flexibility index (Phi) is 12.8. The molecule has 0 N–H and O–H groups in total. The standard InChI is InChI=1S/C29H37NO9S2/c31-41(32,33)22-4-3-11-30-25-5-1-2-6-28(25)40-29(30)10-8-24-7-9-26-27(23-24)39-21-19-37-17-15-35-13-12-34-14-16-36-18-20-38-26/h1-2,5-10,23H,3-4,11-22H2/b10-8+. The summed E-state index contributed by atoms with van der Waals surface area (Å²) in [6, 6.07) is 13.9. The van der Waals surface area contributed by atoms with Gasteiger partial charge in [0.05, 0.1) is 63.0 Å². The first-order valence-corrected chi connectivity index (χ1v) is 16.1. The van der Waals surface area contributed by atoms with Gasteiger partial charge in [0.15, 0.2) is 18.0 Å². The number of aryl methyl sites for hydroxylation is 1. The van der Waals surface area contributed by atoms with Gasteiger partial charge in [-0.15, -0.1) is 0 Å². The second-order valence-electron chi connectivity index (χ2n) is 9.21. The molecule has 0 fully saturated rings. The number of unbranched alkanes of at least 4 members (excludes halogenated alkanes) is 1. The largest absolute Gasteiger partial charge is 0.748 e. The zero-order valence-corrected chi connectivity index (χ0v) is 24.7. The smallest absolute Gasteiger partial charge is 0.262 e. The molecule has 0 saturated heterocycles. The van der Waals surface area contributed by atoms with Crippen LogP contribution >= 0.6 is 11.3 Å². The zero-order chi connectivity index (χ0) is 28.8. The molecule has 2 aromatic carbocycles. The van der Waals surface area contributed by atoms with E-state index in [2.05, 4.69) is 10.6 Å². The lowest BCUT2D eigenvalue weighted by Gasteiger charge is -2.14. The summed E-state index contributed by atoms with van der Waals surface area (Å²) in [5.41, 5.74) is 2.00. The van der Waals surface area contributed by atoms with Crippen LogP contribution in [0.25, 0.3) is 22.4 Å². The lowest BCUT2D eigenvalue weighted by molar-refractivity contribution is -0.669. The van der Waals surface area contributed by atoms with Crippen LogP contribution in [0.4, 0.5) is 0 Å². The molecular formula is C29H37NO9S2. The fraction of sp³-hybridized carbons (Fsp3) is 0.483. The second kappa shape index (κ2) is 16.8. The Labute approximate surface area is 245 Å². The molecule has 4 rings (SSSR count). The molecule has 0 bridgehead atoms. The number of rotatable bonds is 7. The highest BCUT2D eigenvalue weighted by molar-refractivity contribution is 7.85. The molecule has 12 heteroatoms. The predicted octanol–water partition coefficient (Wildman–Crippen LogP) is 3.52. The number of hydrogen-bond donors (Lipinski definition) is 0. The summed E-state index contributed by atoms with van der Waals surface area (Å²) >= 11 is 1.65. The fourth-order valence-corrected chi connectivity index (χ4v) is 5.82. The van der Waals surface area contributed by atoms with E-state index in [9.17, 15) is 13.0 Å². The minimum Gasteiger partial charge on any atom is -0.748 e. The minimum absolute atomic E-state index is 0.323. The van der Waals surface area contributed by atoms with Crippen molar-refractivity contribution >= 4 is 43.8 Å². The Balaban J connectivity index is 1.46. The highest BCUT2D eigenvalue weighted by Crippen LogP contribution is 2.30. The van der Waals surface area contributed by atoms with Crippen LogP contribution in [0.15, 0.2) is 42.5 Å². The van der Waals surface area contributed by atoms with E-state index in [1.807, 2.05) is 48.6 Å². The van der Waals surface area contributed by atoms with Crippen LogP contribution in [0.5, 0.6) is 11.5 Å². The highest BCUT2D eigenvalue weighted by Gasteiger charge is 2.18. The SMILES string of the molecule is O=S(=O)([O-])CCCC[n+]1c(/C=C/c2ccc3c(c2)OCCOCCOCCOCCOCCO3)sc2ccccc21. The molecule has 2 heterocycles. The van der Waals surface area contributed by atoms with Gasteiger partial charge in [0, 0.05) is 24.3 Å². The molecule has 1 aromatic heterocycles. The summed E-state index contributed by atoms with van der Waals surface area (Å²) < 4.78 is 70.4. The minimum atomic E-state index is -4.21. The van der Waals surface area contributed by atoms with Crippen molar-refractivity contribution < 1.29 is 46.0 Å². The number of fused-ring (bicyclic) bond motifs is 2. The highest BCUT2D eigenvalue weighted by atomic mass is 32.2. The van der Waals surface area contributed by atoms with Gasteiger partial charge in [-0.3, -0.25) is 0 Å². The average molecular weight is 608 g/mol. The third-order valence-electron chi connectivity index (χ3n) is 6.14. The van der Waals surface area contributed by atoms with E-state index in [1.54, 1.807) is 11.3 Å². The summed E-state index contributed by atoms with van der Waals surface area (Å²) in [6.45, 7) is 5.16. The molecule has 0 amide bonds. The molecule has 0 unspecified atom stereocenters. The molecule has 0 aliphatic carbocycles. The van der Waals surface area contributed by atoms with Gasteiger partial charge in [-0.25, -0.2) is 8.42 Å². The van der Waals surface area contributed by atoms with Gasteiger partial charge in [0.25, 0.3) is 5.01 Å². The van der Waals surface area contributed by atoms with Crippen molar-refractivity contribution in [2.24, 2.45) is 0 Å². The number of aromatic nitrogens is 1. The van der Waals surface area contributed by atoms with Crippen LogP contribution in [0.1, 0.15) is 23.4 Å². The molecule has 1 aliphatic rings. The van der Waals surface area contributed by atoms with Crippen molar-refractivity contribution in [3.8, 4) is 11.5 Å². The first-order valence-electron chi connectivity index (χ1n) is 13.7. The Morgan fingerprint density at radius 3 is 2.02 bits per heavy atom. The van der Waals surface area contributed by atoms with Crippen molar-refractivity contribution in [1.29, 1.82) is 0 Å². The molecule has 3 aromatic rings. The topological polar surface area (TPSA) is 116 Å². The van der Waals surface area contributed by atoms with E-state index < -0.39 is 10.1 Å². The Hall–Kier alpha value is -2.58. The molecule has 0 radical (unpaired) electrons. The number of benzene rings is 2. The number of thiazole rings is 1. The summed E-state index contributed by atoms with van der Waals surface area (Å²) in [5.74, 6) is 0.883. The van der Waals surface area contributed by atoms with Crippen molar-refractivity contribution in [3.05, 3.63) is 53.0 Å². The van der Waals surface area contributed by atoms with Crippen molar-refractivity contribution in [3.63, 3.8) is 0 Å². The first kappa shape index (κ1) is 31.4. The second-order valence-corrected chi connectivity index (χ2v) is 11.8. The van der Waals surface area contributed by atoms with Crippen LogP contribution in [-0.4, -0.2) is 84.8 Å². The monoisotopic (exact) mass is 607 g/mol. The Morgan fingerprint density at radius 1 is 0.756 bits per heavy atom. The lowest BCUT2D eigenvalue weighted by atomic mass is 10.2. The third-order valence-corrected chi connectivity index (χ3v) is 8.05. The number of hydrogen-bond acceptors (Lipinski definition) is 10. The van der Waals surface area contributed by atoms with Crippen LogP contribution < -0.4 is 14.0 Å². The van der Waals surface area contributed by atoms with Crippen LogP contribution in [-0.2, 0) is 35.6 Å². The summed E-state index contributed by atoms with van der Waals surface area (Å²) in [6.07, 6.45) is 4.96. The zero-order valence-electron chi connectivity index (χ0n) is 23.0. The lowest BCUT2D eigenvalue weighted by Crippen LogP contribution is -2.35. The quantitative estimate of drug-likeness (QED) is 0.226. The van der Waals surface area contributed by atoms with Crippen LogP contribution in [0, 0.1) is 0 Å². The fourth-order valence-electron chi connectivity index (χ4n) is 4.17. The van der Waals surface area contributed by atoms with Crippen LogP contribution in [0.2, 0.25) is 0 Å². The number of nitrogens with zero attached hydrogens (tertiary/aromatic N) is 1. The third kappa shape index (κ3) is 11.0. The maximum atomic E-state index is 11.0. The van der Waals surface area contributed by atoms with Crippen molar-refractivity contribution in [2.75, 3.05) is 71.8 Å². The molecule has 0 spiro atoms. The van der Waals surface area contributed by atoms with Gasteiger partial charge in [-0.1, -0.05) is 29.5 Å². The number of para-hydroxylation sites is 1. The van der Waals surface area contributed by atoms with Gasteiger partial charge < -0.3 is 33.0 Å². The average Bonchev–Trinajstić information content (AvgIpc) is 3.31. The molecule has 1 aliphatic heterocycles. The molecule has 224 valence electrons. The van der Waals surface area contributed by atoms with E-state index in [-0.39, 0.29) is 5.75 Å². The van der Waals surface area contributed by atoms with Gasteiger partial charge in [-0.05, 0) is 36.3 Å².